The number of ether oxygens (including phenoxy) is 1. The van der Waals surface area contributed by atoms with Gasteiger partial charge in [0.05, 0.1) is 13.2 Å². The molecule has 0 unspecified atom stereocenters. The maximum atomic E-state index is 10.1. The van der Waals surface area contributed by atoms with E-state index in [1.807, 2.05) is 0 Å². The van der Waals surface area contributed by atoms with Crippen LogP contribution in [0.15, 0.2) is 0 Å². The summed E-state index contributed by atoms with van der Waals surface area (Å²) in [6.07, 6.45) is 5.77. The second-order valence-corrected chi connectivity index (χ2v) is 4.37. The third-order valence-electron chi connectivity index (χ3n) is 1.85. The molecule has 92 valence electrons. The summed E-state index contributed by atoms with van der Waals surface area (Å²) in [4.78, 5) is 0. The smallest absolute Gasteiger partial charge is 0.379 e. The van der Waals surface area contributed by atoms with Crippen LogP contribution in [-0.2, 0) is 19.3 Å². The Hall–Kier alpha value is -0.170. The van der Waals surface area contributed by atoms with Gasteiger partial charge in [-0.3, -0.25) is 4.55 Å². The molecular formula is C9H20O5S. The molecule has 0 aromatic carbocycles. The van der Waals surface area contributed by atoms with Gasteiger partial charge in [0.2, 0.25) is 0 Å². The summed E-state index contributed by atoms with van der Waals surface area (Å²) in [5, 5.41) is 0. The molecule has 0 saturated heterocycles. The quantitative estimate of drug-likeness (QED) is 0.465. The third kappa shape index (κ3) is 13.8. The van der Waals surface area contributed by atoms with E-state index >= 15 is 0 Å². The lowest BCUT2D eigenvalue weighted by molar-refractivity contribution is 0.0945. The zero-order chi connectivity index (χ0) is 11.6. The molecule has 0 bridgehead atoms. The zero-order valence-electron chi connectivity index (χ0n) is 9.15. The van der Waals surface area contributed by atoms with Crippen LogP contribution in [-0.4, -0.2) is 32.8 Å². The predicted molar refractivity (Wildman–Crippen MR) is 57.1 cm³/mol. The first-order valence-corrected chi connectivity index (χ1v) is 6.62. The molecule has 5 nitrogen and oxygen atoms in total. The van der Waals surface area contributed by atoms with E-state index in [1.165, 1.54) is 19.3 Å². The summed E-state index contributed by atoms with van der Waals surface area (Å²) in [6, 6.07) is 0. The molecule has 0 saturated carbocycles. The van der Waals surface area contributed by atoms with Crippen LogP contribution in [0.1, 0.15) is 39.0 Å². The van der Waals surface area contributed by atoms with Crippen molar-refractivity contribution in [3.8, 4) is 0 Å². The van der Waals surface area contributed by atoms with Crippen molar-refractivity contribution in [2.75, 3.05) is 19.8 Å². The maximum Gasteiger partial charge on any atom is 0.397 e. The van der Waals surface area contributed by atoms with Crippen LogP contribution in [0.25, 0.3) is 0 Å². The highest BCUT2D eigenvalue weighted by molar-refractivity contribution is 7.80. The van der Waals surface area contributed by atoms with Crippen molar-refractivity contribution in [3.05, 3.63) is 0 Å². The number of hydrogen-bond acceptors (Lipinski definition) is 4. The molecule has 0 heterocycles. The average Bonchev–Trinajstić information content (AvgIpc) is 2.14. The molecule has 6 heteroatoms. The molecule has 0 rings (SSSR count). The fourth-order valence-electron chi connectivity index (χ4n) is 1.11. The molecule has 0 aromatic heterocycles. The van der Waals surface area contributed by atoms with Gasteiger partial charge in [-0.05, 0) is 6.42 Å². The first-order chi connectivity index (χ1) is 7.06. The Morgan fingerprint density at radius 1 is 1.00 bits per heavy atom. The fraction of sp³-hybridized carbons (Fsp3) is 1.00. The minimum Gasteiger partial charge on any atom is -0.379 e. The van der Waals surface area contributed by atoms with E-state index in [-0.39, 0.29) is 13.2 Å². The Morgan fingerprint density at radius 3 is 2.27 bits per heavy atom. The van der Waals surface area contributed by atoms with Crippen molar-refractivity contribution in [1.82, 2.24) is 0 Å². The lowest BCUT2D eigenvalue weighted by Gasteiger charge is -2.03. The van der Waals surface area contributed by atoms with Crippen molar-refractivity contribution in [2.45, 2.75) is 39.0 Å². The first-order valence-electron chi connectivity index (χ1n) is 5.26. The largest absolute Gasteiger partial charge is 0.397 e. The highest BCUT2D eigenvalue weighted by Gasteiger charge is 2.02. The predicted octanol–water partition coefficient (Wildman–Crippen LogP) is 1.79. The second kappa shape index (κ2) is 9.08. The Morgan fingerprint density at radius 2 is 1.67 bits per heavy atom. The molecule has 0 spiro atoms. The molecular weight excluding hydrogens is 220 g/mol. The van der Waals surface area contributed by atoms with Gasteiger partial charge < -0.3 is 4.74 Å². The number of rotatable bonds is 10. The Kier molecular flexibility index (Phi) is 8.98. The molecule has 0 fully saturated rings. The lowest BCUT2D eigenvalue weighted by Crippen LogP contribution is -2.10. The molecule has 1 N–H and O–H groups in total. The number of unbranched alkanes of at least 4 members (excludes halogenated alkanes) is 4. The van der Waals surface area contributed by atoms with Crippen molar-refractivity contribution >= 4 is 10.4 Å². The first kappa shape index (κ1) is 14.8. The monoisotopic (exact) mass is 240 g/mol. The topological polar surface area (TPSA) is 72.8 Å². The van der Waals surface area contributed by atoms with Crippen molar-refractivity contribution in [1.29, 1.82) is 0 Å². The van der Waals surface area contributed by atoms with Gasteiger partial charge in [-0.1, -0.05) is 32.6 Å². The molecule has 0 atom stereocenters. The SMILES string of the molecule is CCCCCCCOCCOS(=O)(=O)O. The molecule has 0 aromatic rings. The van der Waals surface area contributed by atoms with E-state index in [4.69, 9.17) is 9.29 Å². The minimum atomic E-state index is -4.31. The van der Waals surface area contributed by atoms with E-state index < -0.39 is 10.4 Å². The van der Waals surface area contributed by atoms with Gasteiger partial charge in [0.25, 0.3) is 0 Å². The molecule has 0 aliphatic carbocycles. The summed E-state index contributed by atoms with van der Waals surface area (Å²) in [5.74, 6) is 0. The molecule has 0 radical (unpaired) electrons. The van der Waals surface area contributed by atoms with Crippen molar-refractivity contribution in [2.24, 2.45) is 0 Å². The van der Waals surface area contributed by atoms with E-state index in [0.29, 0.717) is 6.61 Å². The van der Waals surface area contributed by atoms with Crippen LogP contribution >= 0.6 is 0 Å². The van der Waals surface area contributed by atoms with E-state index in [1.54, 1.807) is 0 Å². The Bertz CT molecular complexity index is 225. The molecule has 0 amide bonds. The van der Waals surface area contributed by atoms with Gasteiger partial charge >= 0.3 is 10.4 Å². The van der Waals surface area contributed by atoms with Gasteiger partial charge in [0.15, 0.2) is 0 Å². The van der Waals surface area contributed by atoms with Crippen LogP contribution in [0.3, 0.4) is 0 Å². The standard InChI is InChI=1S/C9H20O5S/c1-2-3-4-5-6-7-13-8-9-14-15(10,11)12/h2-9H2,1H3,(H,10,11,12). The second-order valence-electron chi connectivity index (χ2n) is 3.28. The van der Waals surface area contributed by atoms with Crippen LogP contribution in [0.4, 0.5) is 0 Å². The van der Waals surface area contributed by atoms with E-state index in [2.05, 4.69) is 11.1 Å². The van der Waals surface area contributed by atoms with Crippen molar-refractivity contribution < 1.29 is 21.9 Å². The van der Waals surface area contributed by atoms with Gasteiger partial charge in [0, 0.05) is 6.61 Å². The normalized spacial score (nSPS) is 11.9. The summed E-state index contributed by atoms with van der Waals surface area (Å²) in [5.41, 5.74) is 0. The molecule has 15 heavy (non-hydrogen) atoms. The zero-order valence-corrected chi connectivity index (χ0v) is 9.96. The van der Waals surface area contributed by atoms with E-state index in [9.17, 15) is 8.42 Å². The van der Waals surface area contributed by atoms with Crippen LogP contribution in [0.2, 0.25) is 0 Å². The Balaban J connectivity index is 3.06. The summed E-state index contributed by atoms with van der Waals surface area (Å²) < 4.78 is 37.6. The average molecular weight is 240 g/mol. The minimum absolute atomic E-state index is 0.131. The third-order valence-corrected chi connectivity index (χ3v) is 2.32. The van der Waals surface area contributed by atoms with Crippen molar-refractivity contribution in [3.63, 3.8) is 0 Å². The van der Waals surface area contributed by atoms with Gasteiger partial charge in [0.1, 0.15) is 0 Å². The van der Waals surface area contributed by atoms with Gasteiger partial charge in [-0.15, -0.1) is 0 Å². The summed E-state index contributed by atoms with van der Waals surface area (Å²) >= 11 is 0. The van der Waals surface area contributed by atoms with Crippen LogP contribution in [0.5, 0.6) is 0 Å². The maximum absolute atomic E-state index is 10.1. The highest BCUT2D eigenvalue weighted by Crippen LogP contribution is 2.02. The van der Waals surface area contributed by atoms with Crippen LogP contribution in [0, 0.1) is 0 Å². The summed E-state index contributed by atoms with van der Waals surface area (Å²) in [6.45, 7) is 2.82. The molecule has 0 aliphatic heterocycles. The lowest BCUT2D eigenvalue weighted by atomic mass is 10.2. The van der Waals surface area contributed by atoms with Gasteiger partial charge in [-0.25, -0.2) is 4.18 Å². The highest BCUT2D eigenvalue weighted by atomic mass is 32.3. The van der Waals surface area contributed by atoms with Gasteiger partial charge in [-0.2, -0.15) is 8.42 Å². The Labute approximate surface area is 91.7 Å². The molecule has 0 aliphatic rings. The fourth-order valence-corrected chi connectivity index (χ4v) is 1.39. The number of hydrogen-bond donors (Lipinski definition) is 1. The summed E-state index contributed by atoms with van der Waals surface area (Å²) in [7, 11) is -4.31. The van der Waals surface area contributed by atoms with Crippen LogP contribution < -0.4 is 0 Å². The van der Waals surface area contributed by atoms with E-state index in [0.717, 1.165) is 12.8 Å².